The Kier molecular flexibility index (Phi) is 7.02. The van der Waals surface area contributed by atoms with Crippen LogP contribution in [0.5, 0.6) is 0 Å². The van der Waals surface area contributed by atoms with E-state index >= 15 is 0 Å². The molecule has 0 atom stereocenters. The number of alkyl halides is 3. The van der Waals surface area contributed by atoms with Crippen LogP contribution in [-0.4, -0.2) is 31.2 Å². The van der Waals surface area contributed by atoms with Gasteiger partial charge in [0, 0.05) is 36.2 Å². The van der Waals surface area contributed by atoms with E-state index in [2.05, 4.69) is 20.5 Å². The number of hydrogen-bond acceptors (Lipinski definition) is 6. The number of halogens is 4. The number of benzene rings is 1. The van der Waals surface area contributed by atoms with Crippen molar-refractivity contribution in [3.63, 3.8) is 0 Å². The van der Waals surface area contributed by atoms with Crippen molar-refractivity contribution in [3.05, 3.63) is 93.8 Å². The number of aryl methyl sites for hydroxylation is 1. The molecule has 0 aliphatic rings. The van der Waals surface area contributed by atoms with Gasteiger partial charge in [0.05, 0.1) is 12.1 Å². The molecule has 0 saturated heterocycles. The van der Waals surface area contributed by atoms with E-state index in [-0.39, 0.29) is 17.9 Å². The summed E-state index contributed by atoms with van der Waals surface area (Å²) in [5.41, 5.74) is 3.67. The van der Waals surface area contributed by atoms with Gasteiger partial charge in [-0.15, -0.1) is 0 Å². The van der Waals surface area contributed by atoms with Crippen LogP contribution in [0.15, 0.2) is 71.9 Å². The number of amides is 1. The molecule has 184 valence electrons. The molecule has 1 aromatic carbocycles. The molecule has 12 heteroatoms. The first-order valence-corrected chi connectivity index (χ1v) is 10.8. The van der Waals surface area contributed by atoms with E-state index in [1.54, 1.807) is 48.8 Å². The molecule has 4 rings (SSSR count). The normalized spacial score (nSPS) is 11.2. The number of carbonyl (C=O) groups excluding carboxylic acids is 1. The molecular formula is C24H18ClF3N6O2. The number of nitrogens with one attached hydrogen (secondary N) is 1. The van der Waals surface area contributed by atoms with Gasteiger partial charge in [-0.25, -0.2) is 4.68 Å². The van der Waals surface area contributed by atoms with Gasteiger partial charge in [-0.05, 0) is 47.0 Å². The third-order valence-corrected chi connectivity index (χ3v) is 5.44. The smallest absolute Gasteiger partial charge is 0.277 e. The van der Waals surface area contributed by atoms with Gasteiger partial charge in [-0.3, -0.25) is 30.0 Å². The van der Waals surface area contributed by atoms with Crippen molar-refractivity contribution in [2.24, 2.45) is 7.05 Å². The van der Waals surface area contributed by atoms with Crippen molar-refractivity contribution in [2.75, 3.05) is 5.43 Å². The molecule has 3 aromatic heterocycles. The first kappa shape index (κ1) is 24.9. The Morgan fingerprint density at radius 2 is 1.69 bits per heavy atom. The molecule has 0 unspecified atom stereocenters. The van der Waals surface area contributed by atoms with Crippen molar-refractivity contribution in [2.45, 2.75) is 12.7 Å². The van der Waals surface area contributed by atoms with Gasteiger partial charge >= 0.3 is 6.18 Å². The molecule has 36 heavy (non-hydrogen) atoms. The summed E-state index contributed by atoms with van der Waals surface area (Å²) in [6.45, 7) is -0.120. The van der Waals surface area contributed by atoms with Crippen LogP contribution >= 0.6 is 11.6 Å². The summed E-state index contributed by atoms with van der Waals surface area (Å²) in [6.07, 6.45) is 0.0272. The molecule has 0 spiro atoms. The second-order valence-corrected chi connectivity index (χ2v) is 8.10. The van der Waals surface area contributed by atoms with E-state index in [9.17, 15) is 22.8 Å². The number of hydrogen-bond donors (Lipinski definition) is 1. The highest BCUT2D eigenvalue weighted by Gasteiger charge is 2.32. The molecular weight excluding hydrogens is 497 g/mol. The van der Waals surface area contributed by atoms with Crippen LogP contribution in [0.4, 0.5) is 19.0 Å². The van der Waals surface area contributed by atoms with Gasteiger partial charge in [-0.2, -0.15) is 18.3 Å². The van der Waals surface area contributed by atoms with E-state index in [0.29, 0.717) is 39.2 Å². The van der Waals surface area contributed by atoms with E-state index in [1.165, 1.54) is 13.1 Å². The zero-order valence-corrected chi connectivity index (χ0v) is 19.5. The minimum Gasteiger partial charge on any atom is -0.277 e. The third-order valence-electron chi connectivity index (χ3n) is 5.19. The monoisotopic (exact) mass is 514 g/mol. The summed E-state index contributed by atoms with van der Waals surface area (Å²) in [7, 11) is 1.47. The van der Waals surface area contributed by atoms with Crippen LogP contribution < -0.4 is 11.0 Å². The number of rotatable bonds is 7. The highest BCUT2D eigenvalue weighted by atomic mass is 35.5. The predicted octanol–water partition coefficient (Wildman–Crippen LogP) is 4.56. The Balaban J connectivity index is 1.78. The lowest BCUT2D eigenvalue weighted by atomic mass is 9.97. The van der Waals surface area contributed by atoms with Gasteiger partial charge in [0.2, 0.25) is 6.41 Å². The first-order valence-electron chi connectivity index (χ1n) is 10.5. The number of hydrazine groups is 1. The number of carbonyl (C=O) groups is 1. The molecule has 4 aromatic rings. The van der Waals surface area contributed by atoms with E-state index in [4.69, 9.17) is 11.6 Å². The van der Waals surface area contributed by atoms with Gasteiger partial charge in [0.15, 0.2) is 5.82 Å². The Labute approximate surface area is 208 Å². The second kappa shape index (κ2) is 10.2. The minimum absolute atomic E-state index is 0.120. The van der Waals surface area contributed by atoms with Gasteiger partial charge in [-0.1, -0.05) is 29.8 Å². The fourth-order valence-electron chi connectivity index (χ4n) is 3.52. The van der Waals surface area contributed by atoms with E-state index in [1.807, 2.05) is 0 Å². The average molecular weight is 515 g/mol. The van der Waals surface area contributed by atoms with Crippen molar-refractivity contribution in [1.82, 2.24) is 24.8 Å². The summed E-state index contributed by atoms with van der Waals surface area (Å²) in [6, 6.07) is 12.1. The van der Waals surface area contributed by atoms with Gasteiger partial charge in [0.1, 0.15) is 5.69 Å². The van der Waals surface area contributed by atoms with Crippen LogP contribution in [0.1, 0.15) is 11.3 Å². The van der Waals surface area contributed by atoms with Crippen LogP contribution in [0.3, 0.4) is 0 Å². The summed E-state index contributed by atoms with van der Waals surface area (Å²) in [5.74, 6) is 0.167. The maximum atomic E-state index is 13.2. The predicted molar refractivity (Wildman–Crippen MR) is 128 cm³/mol. The molecule has 0 fully saturated rings. The lowest BCUT2D eigenvalue weighted by Gasteiger charge is -2.23. The molecule has 0 radical (unpaired) electrons. The van der Waals surface area contributed by atoms with Crippen LogP contribution in [0.2, 0.25) is 5.02 Å². The Hall–Kier alpha value is -4.25. The summed E-state index contributed by atoms with van der Waals surface area (Å²) >= 11 is 6.03. The SMILES string of the molecule is Cn1nc(NN(C=O)Cc2ccc(C(F)(F)F)nc2)c(-c2ccncc2)c(-c2ccc(Cl)cc2)c1=O. The second-order valence-electron chi connectivity index (χ2n) is 7.66. The molecule has 8 nitrogen and oxygen atoms in total. The van der Waals surface area contributed by atoms with Gasteiger partial charge < -0.3 is 0 Å². The number of pyridine rings is 2. The zero-order chi connectivity index (χ0) is 25.9. The summed E-state index contributed by atoms with van der Waals surface area (Å²) < 4.78 is 39.6. The molecule has 1 N–H and O–H groups in total. The molecule has 0 saturated carbocycles. The summed E-state index contributed by atoms with van der Waals surface area (Å²) in [5, 5.41) is 5.89. The lowest BCUT2D eigenvalue weighted by Crippen LogP contribution is -2.32. The highest BCUT2D eigenvalue weighted by Crippen LogP contribution is 2.35. The number of aromatic nitrogens is 4. The van der Waals surface area contributed by atoms with Crippen molar-refractivity contribution in [1.29, 1.82) is 0 Å². The molecule has 0 aliphatic carbocycles. The van der Waals surface area contributed by atoms with E-state index < -0.39 is 11.9 Å². The number of nitrogens with zero attached hydrogens (tertiary/aromatic N) is 5. The lowest BCUT2D eigenvalue weighted by molar-refractivity contribution is -0.141. The fraction of sp³-hybridized carbons (Fsp3) is 0.125. The third kappa shape index (κ3) is 5.36. The Morgan fingerprint density at radius 3 is 2.28 bits per heavy atom. The van der Waals surface area contributed by atoms with Crippen LogP contribution in [0.25, 0.3) is 22.3 Å². The van der Waals surface area contributed by atoms with E-state index in [0.717, 1.165) is 22.0 Å². The largest absolute Gasteiger partial charge is 0.433 e. The van der Waals surface area contributed by atoms with Crippen molar-refractivity contribution in [3.8, 4) is 22.3 Å². The maximum Gasteiger partial charge on any atom is 0.433 e. The Morgan fingerprint density at radius 1 is 1.03 bits per heavy atom. The standard InChI is InChI=1S/C24H18ClF3N6O2/c1-33-23(36)21(16-3-5-18(25)6-4-16)20(17-8-10-29-11-9-17)22(31-33)32-34(14-35)13-15-2-7-19(30-12-15)24(26,27)28/h2-12,14H,13H2,1H3,(H,31,32). The molecule has 1 amide bonds. The van der Waals surface area contributed by atoms with Crippen LogP contribution in [-0.2, 0) is 24.6 Å². The topological polar surface area (TPSA) is 93.0 Å². The Bertz CT molecular complexity index is 1430. The maximum absolute atomic E-state index is 13.2. The minimum atomic E-state index is -4.57. The average Bonchev–Trinajstić information content (AvgIpc) is 2.86. The number of anilines is 1. The molecule has 0 bridgehead atoms. The highest BCUT2D eigenvalue weighted by molar-refractivity contribution is 6.30. The first-order chi connectivity index (χ1) is 17.2. The summed E-state index contributed by atoms with van der Waals surface area (Å²) in [4.78, 5) is 32.5. The molecule has 0 aliphatic heterocycles. The fourth-order valence-corrected chi connectivity index (χ4v) is 3.64. The zero-order valence-electron chi connectivity index (χ0n) is 18.7. The van der Waals surface area contributed by atoms with Crippen molar-refractivity contribution >= 4 is 23.8 Å². The quantitative estimate of drug-likeness (QED) is 0.287. The molecule has 3 heterocycles. The van der Waals surface area contributed by atoms with Gasteiger partial charge in [0.25, 0.3) is 5.56 Å². The van der Waals surface area contributed by atoms with Crippen molar-refractivity contribution < 1.29 is 18.0 Å². The van der Waals surface area contributed by atoms with Crippen LogP contribution in [0, 0.1) is 0 Å².